The minimum atomic E-state index is -0.447. The summed E-state index contributed by atoms with van der Waals surface area (Å²) in [6.45, 7) is 3.39. The third kappa shape index (κ3) is 2.90. The highest BCUT2D eigenvalue weighted by atomic mass is 16.6. The van der Waals surface area contributed by atoms with E-state index in [2.05, 4.69) is 4.98 Å². The number of hydrogen-bond acceptors (Lipinski definition) is 5. The molecular weight excluding hydrogens is 258 g/mol. The number of nitrogens with zero attached hydrogens (tertiary/aromatic N) is 3. The number of pyridine rings is 1. The zero-order valence-corrected chi connectivity index (χ0v) is 11.0. The maximum Gasteiger partial charge on any atom is 0.272 e. The summed E-state index contributed by atoms with van der Waals surface area (Å²) >= 11 is 0. The van der Waals surface area contributed by atoms with E-state index in [0.717, 1.165) is 0 Å². The average molecular weight is 269 g/mol. The first-order chi connectivity index (χ1) is 9.49. The zero-order valence-electron chi connectivity index (χ0n) is 11.0. The van der Waals surface area contributed by atoms with Crippen LogP contribution in [0.25, 0.3) is 0 Å². The van der Waals surface area contributed by atoms with E-state index in [1.807, 2.05) is 6.07 Å². The maximum absolute atomic E-state index is 10.7. The van der Waals surface area contributed by atoms with Gasteiger partial charge in [-0.15, -0.1) is 0 Å². The number of nitriles is 1. The first kappa shape index (κ1) is 13.5. The molecule has 6 nitrogen and oxygen atoms in total. The Labute approximate surface area is 115 Å². The largest absolute Gasteiger partial charge is 0.439 e. The fraction of sp³-hybridized carbons (Fsp3) is 0.143. The molecule has 2 rings (SSSR count). The van der Waals surface area contributed by atoms with Crippen LogP contribution >= 0.6 is 0 Å². The van der Waals surface area contributed by atoms with Gasteiger partial charge in [0.15, 0.2) is 0 Å². The molecule has 0 aliphatic heterocycles. The predicted octanol–water partition coefficient (Wildman–Crippen LogP) is 3.27. The van der Waals surface area contributed by atoms with Crippen LogP contribution in [0.5, 0.6) is 11.6 Å². The summed E-state index contributed by atoms with van der Waals surface area (Å²) in [4.78, 5) is 14.4. The van der Waals surface area contributed by atoms with Gasteiger partial charge in [-0.05, 0) is 32.0 Å². The third-order valence-corrected chi connectivity index (χ3v) is 2.65. The molecule has 0 fully saturated rings. The molecule has 1 heterocycles. The molecule has 1 aromatic heterocycles. The van der Waals surface area contributed by atoms with Gasteiger partial charge < -0.3 is 4.74 Å². The van der Waals surface area contributed by atoms with E-state index < -0.39 is 4.92 Å². The van der Waals surface area contributed by atoms with Gasteiger partial charge in [0.05, 0.1) is 16.6 Å². The van der Waals surface area contributed by atoms with Gasteiger partial charge >= 0.3 is 0 Å². The van der Waals surface area contributed by atoms with E-state index in [9.17, 15) is 10.1 Å². The van der Waals surface area contributed by atoms with Crippen molar-refractivity contribution in [1.82, 2.24) is 4.98 Å². The number of aryl methyl sites for hydroxylation is 2. The lowest BCUT2D eigenvalue weighted by atomic mass is 10.2. The summed E-state index contributed by atoms with van der Waals surface area (Å²) in [5, 5.41) is 19.6. The van der Waals surface area contributed by atoms with Crippen molar-refractivity contribution in [3.63, 3.8) is 0 Å². The summed E-state index contributed by atoms with van der Waals surface area (Å²) in [7, 11) is 0. The van der Waals surface area contributed by atoms with Gasteiger partial charge in [0.2, 0.25) is 5.88 Å². The van der Waals surface area contributed by atoms with Gasteiger partial charge in [-0.3, -0.25) is 10.1 Å². The highest BCUT2D eigenvalue weighted by molar-refractivity contribution is 5.45. The normalized spacial score (nSPS) is 9.85. The molecule has 0 atom stereocenters. The molecule has 6 heteroatoms. The van der Waals surface area contributed by atoms with E-state index in [1.54, 1.807) is 26.0 Å². The van der Waals surface area contributed by atoms with Crippen molar-refractivity contribution in [1.29, 1.82) is 5.26 Å². The number of benzene rings is 1. The number of ether oxygens (including phenoxy) is 1. The van der Waals surface area contributed by atoms with E-state index in [1.165, 1.54) is 18.2 Å². The minimum Gasteiger partial charge on any atom is -0.439 e. The van der Waals surface area contributed by atoms with Gasteiger partial charge in [-0.25, -0.2) is 4.98 Å². The molecule has 0 saturated carbocycles. The number of nitro benzene ring substituents is 1. The van der Waals surface area contributed by atoms with Crippen molar-refractivity contribution in [2.75, 3.05) is 0 Å². The van der Waals surface area contributed by atoms with Gasteiger partial charge in [-0.1, -0.05) is 0 Å². The molecule has 0 amide bonds. The van der Waals surface area contributed by atoms with Crippen LogP contribution in [0.2, 0.25) is 0 Å². The van der Waals surface area contributed by atoms with E-state index in [0.29, 0.717) is 22.6 Å². The summed E-state index contributed by atoms with van der Waals surface area (Å²) < 4.78 is 5.53. The molecule has 0 aliphatic rings. The van der Waals surface area contributed by atoms with Crippen molar-refractivity contribution in [2.24, 2.45) is 0 Å². The van der Waals surface area contributed by atoms with Gasteiger partial charge in [0, 0.05) is 23.4 Å². The molecule has 0 saturated heterocycles. The van der Waals surface area contributed by atoms with Crippen LogP contribution < -0.4 is 4.74 Å². The Morgan fingerprint density at radius 3 is 2.65 bits per heavy atom. The Kier molecular flexibility index (Phi) is 3.62. The van der Waals surface area contributed by atoms with Crippen LogP contribution in [-0.4, -0.2) is 9.91 Å². The lowest BCUT2D eigenvalue weighted by molar-refractivity contribution is -0.385. The Bertz CT molecular complexity index is 720. The maximum atomic E-state index is 10.7. The molecule has 2 aromatic rings. The van der Waals surface area contributed by atoms with Gasteiger partial charge in [0.1, 0.15) is 5.75 Å². The summed E-state index contributed by atoms with van der Waals surface area (Å²) in [6, 6.07) is 9.63. The topological polar surface area (TPSA) is 89.0 Å². The molecule has 20 heavy (non-hydrogen) atoms. The Morgan fingerprint density at radius 2 is 2.05 bits per heavy atom. The van der Waals surface area contributed by atoms with E-state index in [-0.39, 0.29) is 11.6 Å². The third-order valence-electron chi connectivity index (χ3n) is 2.65. The molecule has 0 radical (unpaired) electrons. The van der Waals surface area contributed by atoms with Crippen LogP contribution in [0.15, 0.2) is 30.3 Å². The van der Waals surface area contributed by atoms with Crippen LogP contribution in [-0.2, 0) is 0 Å². The van der Waals surface area contributed by atoms with Crippen LogP contribution in [0.4, 0.5) is 5.69 Å². The molecule has 0 bridgehead atoms. The van der Waals surface area contributed by atoms with E-state index >= 15 is 0 Å². The Morgan fingerprint density at radius 1 is 1.30 bits per heavy atom. The number of aromatic nitrogens is 1. The predicted molar refractivity (Wildman–Crippen MR) is 71.6 cm³/mol. The smallest absolute Gasteiger partial charge is 0.272 e. The zero-order chi connectivity index (χ0) is 14.7. The monoisotopic (exact) mass is 269 g/mol. The molecule has 0 spiro atoms. The lowest BCUT2D eigenvalue weighted by Crippen LogP contribution is -1.94. The molecule has 0 unspecified atom stereocenters. The fourth-order valence-corrected chi connectivity index (χ4v) is 1.77. The molecule has 1 aromatic carbocycles. The standard InChI is InChI=1S/C14H11N3O3/c1-9-5-12(3-4-13(9)17(18)19)20-14-7-11(8-15)6-10(2)16-14/h3-7H,1-2H3. The molecular formula is C14H11N3O3. The number of nitro groups is 1. The van der Waals surface area contributed by atoms with Gasteiger partial charge in [-0.2, -0.15) is 5.26 Å². The van der Waals surface area contributed by atoms with Crippen molar-refractivity contribution >= 4 is 5.69 Å². The number of rotatable bonds is 3. The minimum absolute atomic E-state index is 0.0345. The van der Waals surface area contributed by atoms with Gasteiger partial charge in [0.25, 0.3) is 5.69 Å². The molecule has 0 N–H and O–H groups in total. The lowest BCUT2D eigenvalue weighted by Gasteiger charge is -2.07. The second-order valence-electron chi connectivity index (χ2n) is 4.25. The quantitative estimate of drug-likeness (QED) is 0.630. The summed E-state index contributed by atoms with van der Waals surface area (Å²) in [5.41, 5.74) is 1.65. The second-order valence-corrected chi connectivity index (χ2v) is 4.25. The highest BCUT2D eigenvalue weighted by Crippen LogP contribution is 2.26. The van der Waals surface area contributed by atoms with Crippen LogP contribution in [0, 0.1) is 35.3 Å². The highest BCUT2D eigenvalue weighted by Gasteiger charge is 2.11. The van der Waals surface area contributed by atoms with Crippen molar-refractivity contribution in [3.05, 3.63) is 57.3 Å². The van der Waals surface area contributed by atoms with E-state index in [4.69, 9.17) is 10.00 Å². The van der Waals surface area contributed by atoms with Crippen LogP contribution in [0.1, 0.15) is 16.8 Å². The Balaban J connectivity index is 2.31. The fourth-order valence-electron chi connectivity index (χ4n) is 1.77. The SMILES string of the molecule is Cc1cc(C#N)cc(Oc2ccc([N+](=O)[O-])c(C)c2)n1. The number of hydrogen-bond donors (Lipinski definition) is 0. The van der Waals surface area contributed by atoms with Crippen molar-refractivity contribution in [2.45, 2.75) is 13.8 Å². The summed E-state index contributed by atoms with van der Waals surface area (Å²) in [6.07, 6.45) is 0. The molecule has 0 aliphatic carbocycles. The first-order valence-electron chi connectivity index (χ1n) is 5.81. The Hall–Kier alpha value is -2.94. The van der Waals surface area contributed by atoms with Crippen molar-refractivity contribution in [3.8, 4) is 17.7 Å². The second kappa shape index (κ2) is 5.36. The average Bonchev–Trinajstić information content (AvgIpc) is 2.37. The van der Waals surface area contributed by atoms with Crippen molar-refractivity contribution < 1.29 is 9.66 Å². The summed E-state index contributed by atoms with van der Waals surface area (Å²) in [5.74, 6) is 0.727. The van der Waals surface area contributed by atoms with Crippen LogP contribution in [0.3, 0.4) is 0 Å². The molecule has 100 valence electrons. The first-order valence-corrected chi connectivity index (χ1v) is 5.81.